The summed E-state index contributed by atoms with van der Waals surface area (Å²) in [7, 11) is 1.54. The Kier molecular flexibility index (Phi) is 4.60. The molecule has 0 amide bonds. The Morgan fingerprint density at radius 1 is 1.44 bits per heavy atom. The van der Waals surface area contributed by atoms with Crippen LogP contribution in [0.1, 0.15) is 11.6 Å². The molecule has 0 bridgehead atoms. The molecule has 0 saturated heterocycles. The topological polar surface area (TPSA) is 98.5 Å². The summed E-state index contributed by atoms with van der Waals surface area (Å²) < 4.78 is 4.98. The van der Waals surface area contributed by atoms with Crippen LogP contribution in [0.5, 0.6) is 5.75 Å². The van der Waals surface area contributed by atoms with Gasteiger partial charge in [0.1, 0.15) is 5.75 Å². The van der Waals surface area contributed by atoms with Crippen molar-refractivity contribution in [3.8, 4) is 5.75 Å². The minimum absolute atomic E-state index is 0.463. The summed E-state index contributed by atoms with van der Waals surface area (Å²) in [6.07, 6.45) is -1.11. The van der Waals surface area contributed by atoms with Crippen molar-refractivity contribution in [1.29, 1.82) is 0 Å². The molecule has 0 aromatic heterocycles. The van der Waals surface area contributed by atoms with Crippen LogP contribution < -0.4 is 4.74 Å². The Labute approximate surface area is 92.7 Å². The number of benzene rings is 1. The number of nitrogens with zero attached hydrogens (tertiary/aromatic N) is 3. The van der Waals surface area contributed by atoms with Gasteiger partial charge in [-0.15, -0.1) is 0 Å². The molecule has 2 atom stereocenters. The quantitative estimate of drug-likeness (QED) is 0.448. The summed E-state index contributed by atoms with van der Waals surface area (Å²) in [4.78, 5) is 2.65. The lowest BCUT2D eigenvalue weighted by Crippen LogP contribution is -2.20. The molecule has 0 heterocycles. The third-order valence-electron chi connectivity index (χ3n) is 2.18. The van der Waals surface area contributed by atoms with Gasteiger partial charge < -0.3 is 14.9 Å². The highest BCUT2D eigenvalue weighted by atomic mass is 16.5. The molecule has 1 aromatic rings. The zero-order valence-electron chi connectivity index (χ0n) is 8.82. The first-order valence-electron chi connectivity index (χ1n) is 4.70. The summed E-state index contributed by atoms with van der Waals surface area (Å²) in [6, 6.07) is 5.95. The van der Waals surface area contributed by atoms with E-state index in [1.54, 1.807) is 31.4 Å². The molecule has 1 aromatic carbocycles. The lowest BCUT2D eigenvalue weighted by atomic mass is 10.0. The van der Waals surface area contributed by atoms with E-state index in [1.807, 2.05) is 0 Å². The van der Waals surface area contributed by atoms with Crippen molar-refractivity contribution in [3.05, 3.63) is 40.3 Å². The Hall–Kier alpha value is -1.75. The van der Waals surface area contributed by atoms with Crippen LogP contribution in [0.2, 0.25) is 0 Å². The van der Waals surface area contributed by atoms with E-state index in [2.05, 4.69) is 10.0 Å². The maximum atomic E-state index is 9.48. The summed E-state index contributed by atoms with van der Waals surface area (Å²) in [5.41, 5.74) is 9.01. The van der Waals surface area contributed by atoms with Gasteiger partial charge in [0.25, 0.3) is 0 Å². The highest BCUT2D eigenvalue weighted by Gasteiger charge is 2.18. The molecule has 0 aliphatic carbocycles. The van der Waals surface area contributed by atoms with Crippen LogP contribution in [0.15, 0.2) is 29.4 Å². The first-order chi connectivity index (χ1) is 7.72. The van der Waals surface area contributed by atoms with Gasteiger partial charge in [-0.3, -0.25) is 0 Å². The Bertz CT molecular complexity index is 373. The van der Waals surface area contributed by atoms with Crippen molar-refractivity contribution in [1.82, 2.24) is 0 Å². The van der Waals surface area contributed by atoms with Gasteiger partial charge in [0, 0.05) is 4.91 Å². The molecule has 0 aliphatic rings. The van der Waals surface area contributed by atoms with Crippen molar-refractivity contribution in [2.24, 2.45) is 5.11 Å². The van der Waals surface area contributed by atoms with E-state index in [1.165, 1.54) is 0 Å². The zero-order chi connectivity index (χ0) is 12.0. The predicted molar refractivity (Wildman–Crippen MR) is 58.0 cm³/mol. The average Bonchev–Trinajstić information content (AvgIpc) is 2.35. The molecule has 6 heteroatoms. The highest BCUT2D eigenvalue weighted by Crippen LogP contribution is 2.23. The van der Waals surface area contributed by atoms with Crippen LogP contribution >= 0.6 is 0 Å². The van der Waals surface area contributed by atoms with Gasteiger partial charge in [0.2, 0.25) is 0 Å². The lowest BCUT2D eigenvalue weighted by Gasteiger charge is -2.16. The van der Waals surface area contributed by atoms with E-state index in [4.69, 9.17) is 15.4 Å². The first kappa shape index (κ1) is 12.3. The number of ether oxygens (including phenoxy) is 1. The van der Waals surface area contributed by atoms with Gasteiger partial charge in [-0.2, -0.15) is 0 Å². The van der Waals surface area contributed by atoms with Gasteiger partial charge in [-0.1, -0.05) is 17.2 Å². The minimum atomic E-state index is -1.11. The van der Waals surface area contributed by atoms with Crippen molar-refractivity contribution < 1.29 is 14.9 Å². The van der Waals surface area contributed by atoms with Crippen molar-refractivity contribution in [2.75, 3.05) is 13.7 Å². The zero-order valence-corrected chi connectivity index (χ0v) is 8.82. The van der Waals surface area contributed by atoms with Crippen molar-refractivity contribution in [2.45, 2.75) is 12.1 Å². The Balaban J connectivity index is 2.96. The number of hydrogen-bond donors (Lipinski definition) is 2. The van der Waals surface area contributed by atoms with E-state index >= 15 is 0 Å². The van der Waals surface area contributed by atoms with E-state index in [-0.39, 0.29) is 0 Å². The van der Waals surface area contributed by atoms with Gasteiger partial charge in [-0.25, -0.2) is 0 Å². The second-order valence-corrected chi connectivity index (χ2v) is 3.17. The molecule has 2 N–H and O–H groups in total. The smallest absolute Gasteiger partial charge is 0.118 e. The molecule has 86 valence electrons. The predicted octanol–water partition coefficient (Wildman–Crippen LogP) is 1.40. The molecule has 0 aliphatic heterocycles. The van der Waals surface area contributed by atoms with Gasteiger partial charge >= 0.3 is 0 Å². The van der Waals surface area contributed by atoms with Gasteiger partial charge in [0.05, 0.1) is 25.9 Å². The molecule has 0 fully saturated rings. The third kappa shape index (κ3) is 2.87. The summed E-state index contributed by atoms with van der Waals surface area (Å²) in [5.74, 6) is 0.668. The number of azide groups is 1. The van der Waals surface area contributed by atoms with Crippen molar-refractivity contribution in [3.63, 3.8) is 0 Å². The number of methoxy groups -OCH3 is 1. The van der Waals surface area contributed by atoms with E-state index in [0.29, 0.717) is 11.3 Å². The summed E-state index contributed by atoms with van der Waals surface area (Å²) >= 11 is 0. The fourth-order valence-electron chi connectivity index (χ4n) is 1.32. The second kappa shape index (κ2) is 5.97. The fourth-order valence-corrected chi connectivity index (χ4v) is 1.32. The molecular formula is C10H13N3O3. The van der Waals surface area contributed by atoms with Crippen LogP contribution in [0.4, 0.5) is 0 Å². The molecule has 16 heavy (non-hydrogen) atoms. The standard InChI is InChI=1S/C10H13N3O3/c1-16-8-4-2-7(3-5-8)10(12-13-11)9(15)6-14/h2-5,9-10,14-15H,6H2,1H3. The van der Waals surface area contributed by atoms with Crippen LogP contribution in [0.25, 0.3) is 10.4 Å². The second-order valence-electron chi connectivity index (χ2n) is 3.17. The SMILES string of the molecule is COc1ccc(C(N=[N+]=[N-])C(O)CO)cc1. The maximum Gasteiger partial charge on any atom is 0.118 e. The van der Waals surface area contributed by atoms with Crippen LogP contribution in [0.3, 0.4) is 0 Å². The number of aliphatic hydroxyl groups excluding tert-OH is 2. The number of aliphatic hydroxyl groups is 2. The van der Waals surface area contributed by atoms with Crippen LogP contribution in [-0.2, 0) is 0 Å². The highest BCUT2D eigenvalue weighted by molar-refractivity contribution is 5.29. The fraction of sp³-hybridized carbons (Fsp3) is 0.400. The van der Waals surface area contributed by atoms with E-state index in [9.17, 15) is 5.11 Å². The molecular weight excluding hydrogens is 210 g/mol. The number of hydrogen-bond acceptors (Lipinski definition) is 4. The van der Waals surface area contributed by atoms with Crippen LogP contribution in [-0.4, -0.2) is 30.0 Å². The van der Waals surface area contributed by atoms with E-state index in [0.717, 1.165) is 0 Å². The Morgan fingerprint density at radius 2 is 2.06 bits per heavy atom. The molecule has 2 unspecified atom stereocenters. The Morgan fingerprint density at radius 3 is 2.50 bits per heavy atom. The molecule has 0 saturated carbocycles. The molecule has 6 nitrogen and oxygen atoms in total. The molecule has 0 spiro atoms. The normalized spacial score (nSPS) is 13.7. The minimum Gasteiger partial charge on any atom is -0.497 e. The summed E-state index contributed by atoms with van der Waals surface area (Å²) in [6.45, 7) is -0.463. The third-order valence-corrected chi connectivity index (χ3v) is 2.18. The lowest BCUT2D eigenvalue weighted by molar-refractivity contribution is 0.0742. The van der Waals surface area contributed by atoms with Crippen LogP contribution in [0, 0.1) is 0 Å². The maximum absolute atomic E-state index is 9.48. The number of rotatable bonds is 5. The van der Waals surface area contributed by atoms with Gasteiger partial charge in [-0.05, 0) is 23.2 Å². The van der Waals surface area contributed by atoms with E-state index < -0.39 is 18.8 Å². The van der Waals surface area contributed by atoms with Crippen molar-refractivity contribution >= 4 is 0 Å². The summed E-state index contributed by atoms with van der Waals surface area (Å²) in [5, 5.41) is 21.8. The average molecular weight is 223 g/mol. The first-order valence-corrected chi connectivity index (χ1v) is 4.70. The van der Waals surface area contributed by atoms with Gasteiger partial charge in [0.15, 0.2) is 0 Å². The largest absolute Gasteiger partial charge is 0.497 e. The monoisotopic (exact) mass is 223 g/mol. The molecule has 0 radical (unpaired) electrons. The molecule has 1 rings (SSSR count).